The zero-order chi connectivity index (χ0) is 13.4. The van der Waals surface area contributed by atoms with E-state index in [1.165, 1.54) is 0 Å². The fourth-order valence-corrected chi connectivity index (χ4v) is 1.67. The summed E-state index contributed by atoms with van der Waals surface area (Å²) in [6.07, 6.45) is 1.55. The van der Waals surface area contributed by atoms with Crippen LogP contribution in [0.25, 0.3) is 0 Å². The van der Waals surface area contributed by atoms with Crippen molar-refractivity contribution >= 4 is 0 Å². The Labute approximate surface area is 109 Å². The summed E-state index contributed by atoms with van der Waals surface area (Å²) in [6.45, 7) is 4.38. The van der Waals surface area contributed by atoms with Crippen LogP contribution in [0.3, 0.4) is 0 Å². The summed E-state index contributed by atoms with van der Waals surface area (Å²) in [7, 11) is 1.64. The fourth-order valence-electron chi connectivity index (χ4n) is 1.67. The molecule has 0 aromatic heterocycles. The van der Waals surface area contributed by atoms with E-state index in [0.717, 1.165) is 29.9 Å². The van der Waals surface area contributed by atoms with E-state index in [-0.39, 0.29) is 6.04 Å². The van der Waals surface area contributed by atoms with Gasteiger partial charge in [-0.3, -0.25) is 0 Å². The van der Waals surface area contributed by atoms with E-state index >= 15 is 0 Å². The number of ether oxygens (including phenoxy) is 2. The van der Waals surface area contributed by atoms with Crippen molar-refractivity contribution in [2.24, 2.45) is 5.73 Å². The van der Waals surface area contributed by atoms with E-state index in [1.54, 1.807) is 7.11 Å². The smallest absolute Gasteiger partial charge is 0.161 e. The molecule has 98 valence electrons. The molecule has 0 aliphatic carbocycles. The van der Waals surface area contributed by atoms with Gasteiger partial charge in [-0.1, -0.05) is 6.07 Å². The van der Waals surface area contributed by atoms with Crippen LogP contribution in [0.5, 0.6) is 11.5 Å². The largest absolute Gasteiger partial charge is 0.493 e. The Morgan fingerprint density at radius 1 is 1.33 bits per heavy atom. The Morgan fingerprint density at radius 3 is 2.72 bits per heavy atom. The number of rotatable bonds is 6. The molecular weight excluding hydrogens is 226 g/mol. The summed E-state index contributed by atoms with van der Waals surface area (Å²) < 4.78 is 11.0. The molecular formula is C15H21NO2. The maximum atomic E-state index is 5.78. The minimum atomic E-state index is 0.140. The molecule has 1 aromatic carbocycles. The molecule has 0 radical (unpaired) electrons. The molecule has 1 atom stereocenters. The molecule has 0 bridgehead atoms. The summed E-state index contributed by atoms with van der Waals surface area (Å²) in [4.78, 5) is 0. The van der Waals surface area contributed by atoms with Gasteiger partial charge >= 0.3 is 0 Å². The van der Waals surface area contributed by atoms with Gasteiger partial charge in [-0.2, -0.15) is 0 Å². The Bertz CT molecular complexity index is 430. The summed E-state index contributed by atoms with van der Waals surface area (Å²) in [5.41, 5.74) is 6.94. The highest BCUT2D eigenvalue weighted by atomic mass is 16.5. The van der Waals surface area contributed by atoms with E-state index in [1.807, 2.05) is 32.0 Å². The molecule has 1 rings (SSSR count). The molecule has 0 saturated heterocycles. The van der Waals surface area contributed by atoms with Crippen LogP contribution in [0, 0.1) is 11.8 Å². The van der Waals surface area contributed by atoms with Crippen molar-refractivity contribution in [1.82, 2.24) is 0 Å². The molecule has 0 aliphatic rings. The van der Waals surface area contributed by atoms with Crippen LogP contribution in [0.15, 0.2) is 18.2 Å². The number of hydrogen-bond acceptors (Lipinski definition) is 3. The minimum Gasteiger partial charge on any atom is -0.493 e. The SMILES string of the molecule is CC#CCCOc1ccc(CC(C)N)cc1OC. The number of benzene rings is 1. The van der Waals surface area contributed by atoms with Gasteiger partial charge < -0.3 is 15.2 Å². The predicted molar refractivity (Wildman–Crippen MR) is 73.9 cm³/mol. The van der Waals surface area contributed by atoms with Gasteiger partial charge in [0.25, 0.3) is 0 Å². The molecule has 0 saturated carbocycles. The van der Waals surface area contributed by atoms with Crippen LogP contribution in [0.4, 0.5) is 0 Å². The van der Waals surface area contributed by atoms with Gasteiger partial charge in [0.05, 0.1) is 13.7 Å². The summed E-state index contributed by atoms with van der Waals surface area (Å²) in [5, 5.41) is 0. The molecule has 3 heteroatoms. The van der Waals surface area contributed by atoms with E-state index in [0.29, 0.717) is 6.61 Å². The van der Waals surface area contributed by atoms with Gasteiger partial charge in [-0.25, -0.2) is 0 Å². The maximum absolute atomic E-state index is 5.78. The minimum absolute atomic E-state index is 0.140. The second-order valence-electron chi connectivity index (χ2n) is 4.19. The molecule has 0 amide bonds. The summed E-state index contributed by atoms with van der Waals surface area (Å²) in [6, 6.07) is 6.06. The van der Waals surface area contributed by atoms with Gasteiger partial charge in [-0.15, -0.1) is 11.8 Å². The van der Waals surface area contributed by atoms with E-state index in [2.05, 4.69) is 11.8 Å². The predicted octanol–water partition coefficient (Wildman–Crippen LogP) is 2.38. The zero-order valence-corrected chi connectivity index (χ0v) is 11.3. The second-order valence-corrected chi connectivity index (χ2v) is 4.19. The lowest BCUT2D eigenvalue weighted by atomic mass is 10.1. The molecule has 1 aromatic rings. The Kier molecular flexibility index (Phi) is 6.10. The van der Waals surface area contributed by atoms with Gasteiger partial charge in [0, 0.05) is 12.5 Å². The highest BCUT2D eigenvalue weighted by Crippen LogP contribution is 2.28. The molecule has 0 spiro atoms. The van der Waals surface area contributed by atoms with Gasteiger partial charge in [0.2, 0.25) is 0 Å². The van der Waals surface area contributed by atoms with Gasteiger partial charge in [-0.05, 0) is 38.0 Å². The molecule has 3 nitrogen and oxygen atoms in total. The first-order valence-electron chi connectivity index (χ1n) is 6.12. The Hall–Kier alpha value is -1.66. The van der Waals surface area contributed by atoms with Crippen LogP contribution in [-0.2, 0) is 6.42 Å². The third kappa shape index (κ3) is 4.68. The highest BCUT2D eigenvalue weighted by molar-refractivity contribution is 5.43. The number of hydrogen-bond donors (Lipinski definition) is 1. The molecule has 0 fully saturated rings. The molecule has 0 aliphatic heterocycles. The van der Waals surface area contributed by atoms with Gasteiger partial charge in [0.15, 0.2) is 11.5 Å². The molecule has 2 N–H and O–H groups in total. The number of nitrogens with two attached hydrogens (primary N) is 1. The topological polar surface area (TPSA) is 44.5 Å². The van der Waals surface area contributed by atoms with Crippen LogP contribution < -0.4 is 15.2 Å². The average Bonchev–Trinajstić information content (AvgIpc) is 2.35. The molecule has 0 heterocycles. The van der Waals surface area contributed by atoms with Gasteiger partial charge in [0.1, 0.15) is 0 Å². The van der Waals surface area contributed by atoms with Crippen LogP contribution in [-0.4, -0.2) is 19.8 Å². The maximum Gasteiger partial charge on any atom is 0.161 e. The molecule has 18 heavy (non-hydrogen) atoms. The van der Waals surface area contributed by atoms with E-state index < -0.39 is 0 Å². The normalized spacial score (nSPS) is 11.3. The van der Waals surface area contributed by atoms with Crippen LogP contribution >= 0.6 is 0 Å². The van der Waals surface area contributed by atoms with Crippen molar-refractivity contribution in [3.05, 3.63) is 23.8 Å². The number of methoxy groups -OCH3 is 1. The lowest BCUT2D eigenvalue weighted by Gasteiger charge is -2.12. The van der Waals surface area contributed by atoms with Crippen molar-refractivity contribution in [2.75, 3.05) is 13.7 Å². The van der Waals surface area contributed by atoms with Crippen molar-refractivity contribution in [3.63, 3.8) is 0 Å². The zero-order valence-electron chi connectivity index (χ0n) is 11.3. The van der Waals surface area contributed by atoms with Crippen molar-refractivity contribution < 1.29 is 9.47 Å². The second kappa shape index (κ2) is 7.62. The first-order valence-corrected chi connectivity index (χ1v) is 6.12. The highest BCUT2D eigenvalue weighted by Gasteiger charge is 2.06. The Balaban J connectivity index is 2.69. The third-order valence-corrected chi connectivity index (χ3v) is 2.45. The van der Waals surface area contributed by atoms with Crippen LogP contribution in [0.1, 0.15) is 25.8 Å². The molecule has 1 unspecified atom stereocenters. The quantitative estimate of drug-likeness (QED) is 0.620. The van der Waals surface area contributed by atoms with Crippen molar-refractivity contribution in [2.45, 2.75) is 32.7 Å². The lowest BCUT2D eigenvalue weighted by molar-refractivity contribution is 0.301. The fraction of sp³-hybridized carbons (Fsp3) is 0.467. The van der Waals surface area contributed by atoms with E-state index in [4.69, 9.17) is 15.2 Å². The summed E-state index contributed by atoms with van der Waals surface area (Å²) >= 11 is 0. The summed E-state index contributed by atoms with van der Waals surface area (Å²) in [5.74, 6) is 7.30. The van der Waals surface area contributed by atoms with Crippen LogP contribution in [0.2, 0.25) is 0 Å². The third-order valence-electron chi connectivity index (χ3n) is 2.45. The standard InChI is InChI=1S/C15H21NO2/c1-4-5-6-9-18-14-8-7-13(10-12(2)16)11-15(14)17-3/h7-8,11-12H,6,9-10,16H2,1-3H3. The first kappa shape index (κ1) is 14.4. The average molecular weight is 247 g/mol. The lowest BCUT2D eigenvalue weighted by Crippen LogP contribution is -2.17. The van der Waals surface area contributed by atoms with E-state index in [9.17, 15) is 0 Å². The van der Waals surface area contributed by atoms with Crippen molar-refractivity contribution in [3.8, 4) is 23.3 Å². The Morgan fingerprint density at radius 2 is 2.11 bits per heavy atom. The van der Waals surface area contributed by atoms with Crippen molar-refractivity contribution in [1.29, 1.82) is 0 Å². The monoisotopic (exact) mass is 247 g/mol. The first-order chi connectivity index (χ1) is 8.67.